The summed E-state index contributed by atoms with van der Waals surface area (Å²) in [7, 11) is 1.96. The fraction of sp³-hybridized carbons (Fsp3) is 0.529. The van der Waals surface area contributed by atoms with Crippen LogP contribution in [0.3, 0.4) is 0 Å². The molecule has 2 aromatic heterocycles. The number of aryl methyl sites for hydroxylation is 4. The summed E-state index contributed by atoms with van der Waals surface area (Å²) in [4.78, 5) is 4.48. The molecule has 4 heteroatoms. The van der Waals surface area contributed by atoms with Gasteiger partial charge in [-0.05, 0) is 62.9 Å². The first-order valence-corrected chi connectivity index (χ1v) is 7.74. The third-order valence-corrected chi connectivity index (χ3v) is 3.63. The predicted molar refractivity (Wildman–Crippen MR) is 86.3 cm³/mol. The van der Waals surface area contributed by atoms with Gasteiger partial charge in [0.15, 0.2) is 0 Å². The summed E-state index contributed by atoms with van der Waals surface area (Å²) in [6, 6.07) is 4.78. The molecule has 2 rings (SSSR count). The zero-order valence-corrected chi connectivity index (χ0v) is 13.6. The molecule has 0 aromatic carbocycles. The molecule has 0 radical (unpaired) electrons. The van der Waals surface area contributed by atoms with Gasteiger partial charge in [0, 0.05) is 30.7 Å². The lowest BCUT2D eigenvalue weighted by molar-refractivity contribution is 0.498. The summed E-state index contributed by atoms with van der Waals surface area (Å²) < 4.78 is 1.87. The molecule has 0 spiro atoms. The third-order valence-electron chi connectivity index (χ3n) is 3.63. The summed E-state index contributed by atoms with van der Waals surface area (Å²) in [6.07, 6.45) is 7.32. The summed E-state index contributed by atoms with van der Waals surface area (Å²) >= 11 is 0. The van der Waals surface area contributed by atoms with E-state index in [2.05, 4.69) is 54.5 Å². The van der Waals surface area contributed by atoms with Crippen molar-refractivity contribution >= 4 is 0 Å². The van der Waals surface area contributed by atoms with Crippen molar-refractivity contribution in [1.82, 2.24) is 20.1 Å². The zero-order chi connectivity index (χ0) is 15.2. The Bertz CT molecular complexity index is 554. The molecule has 0 bridgehead atoms. The Hall–Kier alpha value is -1.68. The van der Waals surface area contributed by atoms with Crippen molar-refractivity contribution in [3.8, 4) is 0 Å². The van der Waals surface area contributed by atoms with Crippen molar-refractivity contribution < 1.29 is 0 Å². The smallest absolute Gasteiger partial charge is 0.0521 e. The number of hydrogen-bond acceptors (Lipinski definition) is 3. The first kappa shape index (κ1) is 15.7. The van der Waals surface area contributed by atoms with E-state index in [1.807, 2.05) is 17.9 Å². The van der Waals surface area contributed by atoms with Gasteiger partial charge < -0.3 is 5.32 Å². The monoisotopic (exact) mass is 286 g/mol. The quantitative estimate of drug-likeness (QED) is 0.850. The highest BCUT2D eigenvalue weighted by atomic mass is 15.2. The van der Waals surface area contributed by atoms with Gasteiger partial charge in [0.25, 0.3) is 0 Å². The minimum absolute atomic E-state index is 0.380. The SMILES string of the molecule is CCCNC(CCc1cnn(C)c1)c1cc(C)nc(C)c1. The molecule has 0 amide bonds. The third kappa shape index (κ3) is 4.67. The second-order valence-electron chi connectivity index (χ2n) is 5.75. The maximum Gasteiger partial charge on any atom is 0.0521 e. The molecule has 4 nitrogen and oxygen atoms in total. The van der Waals surface area contributed by atoms with Crippen molar-refractivity contribution in [1.29, 1.82) is 0 Å². The van der Waals surface area contributed by atoms with Crippen LogP contribution in [0.5, 0.6) is 0 Å². The average Bonchev–Trinajstić information content (AvgIpc) is 2.83. The number of nitrogens with zero attached hydrogens (tertiary/aromatic N) is 3. The van der Waals surface area contributed by atoms with Gasteiger partial charge in [0.1, 0.15) is 0 Å². The van der Waals surface area contributed by atoms with E-state index >= 15 is 0 Å². The Morgan fingerprint density at radius 1 is 1.24 bits per heavy atom. The van der Waals surface area contributed by atoms with Gasteiger partial charge in [-0.15, -0.1) is 0 Å². The van der Waals surface area contributed by atoms with E-state index in [1.165, 1.54) is 11.1 Å². The first-order valence-electron chi connectivity index (χ1n) is 7.74. The van der Waals surface area contributed by atoms with Gasteiger partial charge in [-0.3, -0.25) is 9.67 Å². The first-order chi connectivity index (χ1) is 10.1. The molecule has 0 saturated heterocycles. The summed E-state index contributed by atoms with van der Waals surface area (Å²) in [5.74, 6) is 0. The number of pyridine rings is 1. The Morgan fingerprint density at radius 3 is 2.52 bits per heavy atom. The van der Waals surface area contributed by atoms with Crippen LogP contribution in [-0.4, -0.2) is 21.3 Å². The summed E-state index contributed by atoms with van der Waals surface area (Å²) in [5.41, 5.74) is 4.82. The zero-order valence-electron chi connectivity index (χ0n) is 13.6. The number of hydrogen-bond donors (Lipinski definition) is 1. The van der Waals surface area contributed by atoms with Crippen LogP contribution in [0.25, 0.3) is 0 Å². The lowest BCUT2D eigenvalue weighted by Gasteiger charge is -2.19. The lowest BCUT2D eigenvalue weighted by atomic mass is 9.99. The Balaban J connectivity index is 2.09. The molecule has 1 atom stereocenters. The van der Waals surface area contributed by atoms with E-state index in [0.717, 1.165) is 37.2 Å². The van der Waals surface area contributed by atoms with E-state index in [4.69, 9.17) is 0 Å². The van der Waals surface area contributed by atoms with Crippen LogP contribution in [0.1, 0.15) is 48.3 Å². The Labute approximate surface area is 127 Å². The van der Waals surface area contributed by atoms with Crippen LogP contribution >= 0.6 is 0 Å². The summed E-state index contributed by atoms with van der Waals surface area (Å²) in [5, 5.41) is 7.91. The Morgan fingerprint density at radius 2 is 1.95 bits per heavy atom. The van der Waals surface area contributed by atoms with Crippen molar-refractivity contribution in [3.63, 3.8) is 0 Å². The highest BCUT2D eigenvalue weighted by Gasteiger charge is 2.12. The molecule has 114 valence electrons. The molecule has 0 aliphatic heterocycles. The lowest BCUT2D eigenvalue weighted by Crippen LogP contribution is -2.23. The van der Waals surface area contributed by atoms with Gasteiger partial charge in [-0.2, -0.15) is 5.10 Å². The molecular formula is C17H26N4. The van der Waals surface area contributed by atoms with Crippen molar-refractivity contribution in [2.24, 2.45) is 7.05 Å². The molecule has 0 aliphatic rings. The molecule has 1 unspecified atom stereocenters. The van der Waals surface area contributed by atoms with Crippen LogP contribution in [-0.2, 0) is 13.5 Å². The maximum absolute atomic E-state index is 4.48. The van der Waals surface area contributed by atoms with E-state index in [9.17, 15) is 0 Å². The highest BCUT2D eigenvalue weighted by Crippen LogP contribution is 2.20. The van der Waals surface area contributed by atoms with Crippen molar-refractivity contribution in [3.05, 3.63) is 47.0 Å². The van der Waals surface area contributed by atoms with Crippen LogP contribution in [0, 0.1) is 13.8 Å². The minimum Gasteiger partial charge on any atom is -0.310 e. The van der Waals surface area contributed by atoms with Gasteiger partial charge in [0.05, 0.1) is 6.20 Å². The van der Waals surface area contributed by atoms with Gasteiger partial charge in [0.2, 0.25) is 0 Å². The van der Waals surface area contributed by atoms with Crippen LogP contribution < -0.4 is 5.32 Å². The van der Waals surface area contributed by atoms with E-state index in [-0.39, 0.29) is 0 Å². The molecule has 2 heterocycles. The fourth-order valence-corrected chi connectivity index (χ4v) is 2.69. The summed E-state index contributed by atoms with van der Waals surface area (Å²) in [6.45, 7) is 7.37. The van der Waals surface area contributed by atoms with Crippen molar-refractivity contribution in [2.45, 2.75) is 46.1 Å². The van der Waals surface area contributed by atoms with Gasteiger partial charge in [-0.1, -0.05) is 6.92 Å². The molecular weight excluding hydrogens is 260 g/mol. The van der Waals surface area contributed by atoms with E-state index < -0.39 is 0 Å². The Kier molecular flexibility index (Phi) is 5.51. The number of aromatic nitrogens is 3. The normalized spacial score (nSPS) is 12.6. The van der Waals surface area contributed by atoms with E-state index in [1.54, 1.807) is 0 Å². The number of rotatable bonds is 7. The molecule has 1 N–H and O–H groups in total. The molecule has 0 aliphatic carbocycles. The predicted octanol–water partition coefficient (Wildman–Crippen LogP) is 3.11. The standard InChI is InChI=1S/C17H26N4/c1-5-8-18-17(7-6-15-11-19-21(4)12-15)16-9-13(2)20-14(3)10-16/h9-12,17-18H,5-8H2,1-4H3. The van der Waals surface area contributed by atoms with Crippen LogP contribution in [0.15, 0.2) is 24.5 Å². The molecule has 0 fully saturated rings. The van der Waals surface area contributed by atoms with Crippen LogP contribution in [0.2, 0.25) is 0 Å². The van der Waals surface area contributed by atoms with E-state index in [0.29, 0.717) is 6.04 Å². The molecule has 0 saturated carbocycles. The van der Waals surface area contributed by atoms with Gasteiger partial charge in [-0.25, -0.2) is 0 Å². The highest BCUT2D eigenvalue weighted by molar-refractivity contribution is 5.24. The van der Waals surface area contributed by atoms with Crippen molar-refractivity contribution in [2.75, 3.05) is 6.54 Å². The molecule has 21 heavy (non-hydrogen) atoms. The average molecular weight is 286 g/mol. The van der Waals surface area contributed by atoms with Gasteiger partial charge >= 0.3 is 0 Å². The largest absolute Gasteiger partial charge is 0.310 e. The molecule has 2 aromatic rings. The fourth-order valence-electron chi connectivity index (χ4n) is 2.69. The second kappa shape index (κ2) is 7.36. The minimum atomic E-state index is 0.380. The second-order valence-corrected chi connectivity index (χ2v) is 5.75. The van der Waals surface area contributed by atoms with Crippen LogP contribution in [0.4, 0.5) is 0 Å². The maximum atomic E-state index is 4.48. The number of nitrogens with one attached hydrogen (secondary N) is 1. The topological polar surface area (TPSA) is 42.7 Å².